The van der Waals surface area contributed by atoms with Crippen LogP contribution in [0.1, 0.15) is 45.6 Å². The molecule has 22 heavy (non-hydrogen) atoms. The van der Waals surface area contributed by atoms with Gasteiger partial charge in [-0.05, 0) is 42.7 Å². The van der Waals surface area contributed by atoms with E-state index in [1.165, 1.54) is 12.1 Å². The number of benzene rings is 1. The summed E-state index contributed by atoms with van der Waals surface area (Å²) in [7, 11) is 0. The molecule has 0 spiro atoms. The van der Waals surface area contributed by atoms with E-state index in [1.54, 1.807) is 17.0 Å². The van der Waals surface area contributed by atoms with Gasteiger partial charge in [-0.15, -0.1) is 0 Å². The molecule has 3 rings (SSSR count). The van der Waals surface area contributed by atoms with Gasteiger partial charge in [0.25, 0.3) is 5.91 Å². The summed E-state index contributed by atoms with van der Waals surface area (Å²) in [5, 5.41) is 9.52. The van der Waals surface area contributed by atoms with E-state index in [-0.39, 0.29) is 23.5 Å². The Bertz CT molecular complexity index is 707. The fourth-order valence-electron chi connectivity index (χ4n) is 2.75. The van der Waals surface area contributed by atoms with Crippen molar-refractivity contribution in [2.24, 2.45) is 0 Å². The van der Waals surface area contributed by atoms with Crippen molar-refractivity contribution in [3.8, 4) is 0 Å². The van der Waals surface area contributed by atoms with Crippen LogP contribution in [-0.2, 0) is 0 Å². The summed E-state index contributed by atoms with van der Waals surface area (Å²) < 4.78 is 5.11. The summed E-state index contributed by atoms with van der Waals surface area (Å²) in [5.41, 5.74) is 1.01. The number of furan rings is 1. The van der Waals surface area contributed by atoms with Gasteiger partial charge in [0.1, 0.15) is 0 Å². The first-order valence-corrected chi connectivity index (χ1v) is 7.33. The van der Waals surface area contributed by atoms with Gasteiger partial charge in [-0.1, -0.05) is 23.7 Å². The predicted molar refractivity (Wildman–Crippen MR) is 80.1 cm³/mol. The second kappa shape index (κ2) is 5.85. The molecular formula is C16H14ClNO4. The van der Waals surface area contributed by atoms with E-state index < -0.39 is 5.97 Å². The molecule has 6 heteroatoms. The second-order valence-electron chi connectivity index (χ2n) is 5.18. The zero-order valence-electron chi connectivity index (χ0n) is 11.7. The van der Waals surface area contributed by atoms with Crippen molar-refractivity contribution in [3.05, 3.63) is 58.5 Å². The minimum Gasteiger partial charge on any atom is -0.475 e. The summed E-state index contributed by atoms with van der Waals surface area (Å²) >= 11 is 5.89. The lowest BCUT2D eigenvalue weighted by Crippen LogP contribution is -2.30. The molecule has 0 aliphatic carbocycles. The van der Waals surface area contributed by atoms with Crippen LogP contribution in [0.25, 0.3) is 0 Å². The van der Waals surface area contributed by atoms with Crippen molar-refractivity contribution in [2.45, 2.75) is 18.9 Å². The van der Waals surface area contributed by atoms with Crippen LogP contribution in [0.3, 0.4) is 0 Å². The van der Waals surface area contributed by atoms with Gasteiger partial charge in [-0.3, -0.25) is 4.79 Å². The smallest absolute Gasteiger partial charge is 0.371 e. The summed E-state index contributed by atoms with van der Waals surface area (Å²) in [5.74, 6) is -1.65. The summed E-state index contributed by atoms with van der Waals surface area (Å²) in [4.78, 5) is 25.1. The van der Waals surface area contributed by atoms with Crippen molar-refractivity contribution in [1.82, 2.24) is 4.90 Å². The van der Waals surface area contributed by atoms with Gasteiger partial charge in [-0.25, -0.2) is 4.79 Å². The third kappa shape index (κ3) is 2.72. The minimum atomic E-state index is -1.19. The normalized spacial score (nSPS) is 17.7. The number of carboxylic acids is 1. The van der Waals surface area contributed by atoms with Crippen molar-refractivity contribution in [1.29, 1.82) is 0 Å². The van der Waals surface area contributed by atoms with Crippen LogP contribution in [0.15, 0.2) is 40.8 Å². The van der Waals surface area contributed by atoms with Gasteiger partial charge in [-0.2, -0.15) is 0 Å². The Balaban J connectivity index is 1.84. The molecule has 5 nitrogen and oxygen atoms in total. The Morgan fingerprint density at radius 2 is 1.82 bits per heavy atom. The zero-order chi connectivity index (χ0) is 15.7. The Hall–Kier alpha value is -2.27. The number of amides is 1. The lowest BCUT2D eigenvalue weighted by molar-refractivity contribution is 0.0645. The molecular weight excluding hydrogens is 306 g/mol. The maximum atomic E-state index is 12.5. The lowest BCUT2D eigenvalue weighted by atomic mass is 10.0. The number of carbonyl (C=O) groups is 2. The Morgan fingerprint density at radius 1 is 1.14 bits per heavy atom. The maximum Gasteiger partial charge on any atom is 0.371 e. The molecule has 1 unspecified atom stereocenters. The van der Waals surface area contributed by atoms with Crippen LogP contribution < -0.4 is 0 Å². The monoisotopic (exact) mass is 319 g/mol. The minimum absolute atomic E-state index is 0.0388. The fourth-order valence-corrected chi connectivity index (χ4v) is 2.88. The van der Waals surface area contributed by atoms with E-state index in [4.69, 9.17) is 21.1 Å². The number of likely N-dealkylation sites (tertiary alicyclic amines) is 1. The third-order valence-corrected chi connectivity index (χ3v) is 4.05. The highest BCUT2D eigenvalue weighted by Gasteiger charge is 2.32. The van der Waals surface area contributed by atoms with E-state index in [0.717, 1.165) is 18.4 Å². The van der Waals surface area contributed by atoms with Crippen molar-refractivity contribution in [3.63, 3.8) is 0 Å². The molecule has 2 heterocycles. The number of hydrogen-bond donors (Lipinski definition) is 1. The number of carbonyl (C=O) groups excluding carboxylic acids is 1. The molecule has 1 saturated heterocycles. The second-order valence-corrected chi connectivity index (χ2v) is 5.61. The van der Waals surface area contributed by atoms with Crippen molar-refractivity contribution < 1.29 is 19.1 Å². The van der Waals surface area contributed by atoms with E-state index in [2.05, 4.69) is 0 Å². The molecule has 0 bridgehead atoms. The molecule has 1 aliphatic heterocycles. The highest BCUT2D eigenvalue weighted by Crippen LogP contribution is 2.33. The fraction of sp³-hybridized carbons (Fsp3) is 0.250. The molecule has 1 aliphatic rings. The van der Waals surface area contributed by atoms with Crippen LogP contribution in [0.4, 0.5) is 0 Å². The molecule has 2 aromatic rings. The molecule has 1 atom stereocenters. The first kappa shape index (κ1) is 14.7. The highest BCUT2D eigenvalue weighted by atomic mass is 35.5. The summed E-state index contributed by atoms with van der Waals surface area (Å²) in [6.07, 6.45) is 1.76. The van der Waals surface area contributed by atoms with E-state index >= 15 is 0 Å². The average molecular weight is 320 g/mol. The Kier molecular flexibility index (Phi) is 3.90. The third-order valence-electron chi connectivity index (χ3n) is 3.80. The van der Waals surface area contributed by atoms with Crippen LogP contribution in [0, 0.1) is 0 Å². The molecule has 1 fully saturated rings. The SMILES string of the molecule is O=C(O)c1ccc(C(=O)N2CCCC2c2ccc(Cl)cc2)o1. The van der Waals surface area contributed by atoms with Crippen LogP contribution >= 0.6 is 11.6 Å². The first-order valence-electron chi connectivity index (χ1n) is 6.96. The molecule has 1 N–H and O–H groups in total. The van der Waals surface area contributed by atoms with Gasteiger partial charge in [0.05, 0.1) is 6.04 Å². The average Bonchev–Trinajstić information content (AvgIpc) is 3.17. The number of aromatic carboxylic acids is 1. The van der Waals surface area contributed by atoms with Crippen LogP contribution in [0.2, 0.25) is 5.02 Å². The number of carboxylic acid groups (broad SMARTS) is 1. The molecule has 1 amide bonds. The predicted octanol–water partition coefficient (Wildman–Crippen LogP) is 3.61. The Labute approximate surface area is 132 Å². The molecule has 1 aromatic carbocycles. The number of halogens is 1. The van der Waals surface area contributed by atoms with Gasteiger partial charge in [0.15, 0.2) is 5.76 Å². The largest absolute Gasteiger partial charge is 0.475 e. The maximum absolute atomic E-state index is 12.5. The van der Waals surface area contributed by atoms with E-state index in [0.29, 0.717) is 11.6 Å². The number of nitrogens with zero attached hydrogens (tertiary/aromatic N) is 1. The topological polar surface area (TPSA) is 70.8 Å². The molecule has 1 aromatic heterocycles. The van der Waals surface area contributed by atoms with Crippen LogP contribution in [0.5, 0.6) is 0 Å². The zero-order valence-corrected chi connectivity index (χ0v) is 12.4. The molecule has 114 valence electrons. The van der Waals surface area contributed by atoms with Gasteiger partial charge in [0, 0.05) is 11.6 Å². The lowest BCUT2D eigenvalue weighted by Gasteiger charge is -2.24. The Morgan fingerprint density at radius 3 is 2.45 bits per heavy atom. The number of rotatable bonds is 3. The van der Waals surface area contributed by atoms with Gasteiger partial charge < -0.3 is 14.4 Å². The molecule has 0 saturated carbocycles. The van der Waals surface area contributed by atoms with Gasteiger partial charge >= 0.3 is 5.97 Å². The molecule has 0 radical (unpaired) electrons. The summed E-state index contributed by atoms with van der Waals surface area (Å²) in [6, 6.07) is 10.1. The van der Waals surface area contributed by atoms with E-state index in [1.807, 2.05) is 12.1 Å². The van der Waals surface area contributed by atoms with E-state index in [9.17, 15) is 9.59 Å². The standard InChI is InChI=1S/C16H14ClNO4/c17-11-5-3-10(4-6-11)12-2-1-9-18(12)15(19)13-7-8-14(22-13)16(20)21/h3-8,12H,1-2,9H2,(H,20,21). The number of hydrogen-bond acceptors (Lipinski definition) is 3. The van der Waals surface area contributed by atoms with Gasteiger partial charge in [0.2, 0.25) is 5.76 Å². The highest BCUT2D eigenvalue weighted by molar-refractivity contribution is 6.30. The van der Waals surface area contributed by atoms with Crippen molar-refractivity contribution in [2.75, 3.05) is 6.54 Å². The summed E-state index contributed by atoms with van der Waals surface area (Å²) in [6.45, 7) is 0.620. The quantitative estimate of drug-likeness (QED) is 0.938. The van der Waals surface area contributed by atoms with Crippen LogP contribution in [-0.4, -0.2) is 28.4 Å². The first-order chi connectivity index (χ1) is 10.6. The van der Waals surface area contributed by atoms with Crippen molar-refractivity contribution >= 4 is 23.5 Å².